The van der Waals surface area contributed by atoms with Gasteiger partial charge in [0.25, 0.3) is 0 Å². The molecule has 6 rings (SSSR count). The van der Waals surface area contributed by atoms with E-state index in [9.17, 15) is 0 Å². The Balaban J connectivity index is 1.60. The zero-order valence-electron chi connectivity index (χ0n) is 21.8. The van der Waals surface area contributed by atoms with Gasteiger partial charge in [0.05, 0.1) is 11.4 Å². The maximum absolute atomic E-state index is 2.36. The second-order valence-electron chi connectivity index (χ2n) is 9.67. The van der Waals surface area contributed by atoms with E-state index in [-0.39, 0.29) is 0 Å². The second-order valence-corrected chi connectivity index (χ2v) is 9.67. The molecule has 0 aromatic heterocycles. The molecule has 2 heteroatoms. The summed E-state index contributed by atoms with van der Waals surface area (Å²) in [7, 11) is 0. The lowest BCUT2D eigenvalue weighted by atomic mass is 10.0. The summed E-state index contributed by atoms with van der Waals surface area (Å²) >= 11 is 0. The Morgan fingerprint density at radius 2 is 0.711 bits per heavy atom. The third kappa shape index (κ3) is 4.53. The minimum absolute atomic E-state index is 1.13. The summed E-state index contributed by atoms with van der Waals surface area (Å²) in [6, 6.07) is 51.9. The normalized spacial score (nSPS) is 10.9. The first kappa shape index (κ1) is 23.6. The van der Waals surface area contributed by atoms with Crippen molar-refractivity contribution in [2.75, 3.05) is 9.80 Å². The van der Waals surface area contributed by atoms with Crippen molar-refractivity contribution in [3.63, 3.8) is 0 Å². The van der Waals surface area contributed by atoms with Crippen LogP contribution in [-0.2, 0) is 0 Å². The molecule has 0 aliphatic carbocycles. The van der Waals surface area contributed by atoms with Crippen LogP contribution in [0.4, 0.5) is 34.1 Å². The Bertz CT molecular complexity index is 1560. The van der Waals surface area contributed by atoms with Crippen molar-refractivity contribution in [2.45, 2.75) is 13.8 Å². The molecule has 0 saturated heterocycles. The molecule has 184 valence electrons. The van der Waals surface area contributed by atoms with Gasteiger partial charge < -0.3 is 9.80 Å². The van der Waals surface area contributed by atoms with Crippen molar-refractivity contribution in [3.8, 4) is 0 Å². The van der Waals surface area contributed by atoms with Crippen molar-refractivity contribution in [1.29, 1.82) is 0 Å². The summed E-state index contributed by atoms with van der Waals surface area (Å²) in [4.78, 5) is 4.72. The molecule has 6 aromatic rings. The van der Waals surface area contributed by atoms with Gasteiger partial charge in [0, 0.05) is 33.5 Å². The van der Waals surface area contributed by atoms with Gasteiger partial charge in [-0.15, -0.1) is 0 Å². The van der Waals surface area contributed by atoms with E-state index in [0.717, 1.165) is 34.1 Å². The van der Waals surface area contributed by atoms with Gasteiger partial charge in [-0.05, 0) is 85.6 Å². The van der Waals surface area contributed by atoms with Crippen LogP contribution in [0.3, 0.4) is 0 Å². The molecule has 0 spiro atoms. The summed E-state index contributed by atoms with van der Waals surface area (Å²) in [6.45, 7) is 4.29. The number of anilines is 6. The van der Waals surface area contributed by atoms with Crippen LogP contribution >= 0.6 is 0 Å². The van der Waals surface area contributed by atoms with Crippen LogP contribution < -0.4 is 9.80 Å². The molecule has 0 aliphatic heterocycles. The highest BCUT2D eigenvalue weighted by Crippen LogP contribution is 2.45. The predicted molar refractivity (Wildman–Crippen MR) is 163 cm³/mol. The maximum Gasteiger partial charge on any atom is 0.0541 e. The average molecular weight is 491 g/mol. The van der Waals surface area contributed by atoms with Crippen LogP contribution in [0.1, 0.15) is 11.1 Å². The maximum atomic E-state index is 2.36. The first-order valence-electron chi connectivity index (χ1n) is 13.0. The van der Waals surface area contributed by atoms with E-state index >= 15 is 0 Å². The van der Waals surface area contributed by atoms with Crippen molar-refractivity contribution in [3.05, 3.63) is 157 Å². The largest absolute Gasteiger partial charge is 0.310 e. The topological polar surface area (TPSA) is 6.48 Å². The van der Waals surface area contributed by atoms with Gasteiger partial charge in [0.2, 0.25) is 0 Å². The van der Waals surface area contributed by atoms with Gasteiger partial charge >= 0.3 is 0 Å². The Labute approximate surface area is 225 Å². The Kier molecular flexibility index (Phi) is 6.37. The van der Waals surface area contributed by atoms with E-state index in [1.807, 2.05) is 0 Å². The number of nitrogens with zero attached hydrogens (tertiary/aromatic N) is 2. The number of fused-ring (bicyclic) bond motifs is 1. The lowest BCUT2D eigenvalue weighted by Crippen LogP contribution is -2.13. The number of rotatable bonds is 6. The van der Waals surface area contributed by atoms with E-state index < -0.39 is 0 Å². The van der Waals surface area contributed by atoms with Crippen molar-refractivity contribution in [2.24, 2.45) is 0 Å². The Hall–Kier alpha value is -4.82. The Morgan fingerprint density at radius 3 is 1.11 bits per heavy atom. The van der Waals surface area contributed by atoms with Crippen LogP contribution in [0.25, 0.3) is 10.8 Å². The highest BCUT2D eigenvalue weighted by atomic mass is 15.2. The van der Waals surface area contributed by atoms with Gasteiger partial charge in [0.1, 0.15) is 0 Å². The van der Waals surface area contributed by atoms with E-state index in [4.69, 9.17) is 0 Å². The first-order valence-corrected chi connectivity index (χ1v) is 13.0. The molecule has 0 bridgehead atoms. The van der Waals surface area contributed by atoms with Crippen LogP contribution in [0.5, 0.6) is 0 Å². The van der Waals surface area contributed by atoms with Crippen molar-refractivity contribution in [1.82, 2.24) is 0 Å². The third-order valence-electron chi connectivity index (χ3n) is 6.91. The number of hydrogen-bond donors (Lipinski definition) is 0. The summed E-state index contributed by atoms with van der Waals surface area (Å²) < 4.78 is 0. The highest BCUT2D eigenvalue weighted by Gasteiger charge is 2.20. The van der Waals surface area contributed by atoms with Gasteiger partial charge in [-0.3, -0.25) is 0 Å². The first-order chi connectivity index (χ1) is 18.7. The van der Waals surface area contributed by atoms with E-state index in [2.05, 4.69) is 169 Å². The monoisotopic (exact) mass is 490 g/mol. The number of aryl methyl sites for hydroxylation is 2. The zero-order valence-corrected chi connectivity index (χ0v) is 21.8. The number of hydrogen-bond acceptors (Lipinski definition) is 2. The molecule has 0 aliphatic rings. The van der Waals surface area contributed by atoms with Gasteiger partial charge in [0.15, 0.2) is 0 Å². The van der Waals surface area contributed by atoms with Gasteiger partial charge in [-0.25, -0.2) is 0 Å². The molecule has 0 radical (unpaired) electrons. The molecule has 0 unspecified atom stereocenters. The molecule has 0 atom stereocenters. The summed E-state index contributed by atoms with van der Waals surface area (Å²) in [5.41, 5.74) is 9.33. The standard InChI is InChI=1S/C36H30N2/c1-27-13-11-19-31(25-27)37(29-15-5-3-6-16-29)35-23-24-36(34-22-10-9-21-33(34)35)38(30-17-7-4-8-18-30)32-20-12-14-28(2)26-32/h3-26H,1-2H3. The minimum atomic E-state index is 1.13. The van der Waals surface area contributed by atoms with Crippen LogP contribution in [-0.4, -0.2) is 0 Å². The fraction of sp³-hybridized carbons (Fsp3) is 0.0556. The molecule has 0 heterocycles. The summed E-state index contributed by atoms with van der Waals surface area (Å²) in [6.07, 6.45) is 0. The zero-order chi connectivity index (χ0) is 25.9. The van der Waals surface area contributed by atoms with Gasteiger partial charge in [-0.2, -0.15) is 0 Å². The Morgan fingerprint density at radius 1 is 0.342 bits per heavy atom. The highest BCUT2D eigenvalue weighted by molar-refractivity contribution is 6.07. The van der Waals surface area contributed by atoms with Crippen molar-refractivity contribution < 1.29 is 0 Å². The molecule has 6 aromatic carbocycles. The van der Waals surface area contributed by atoms with E-state index in [1.54, 1.807) is 0 Å². The molecule has 38 heavy (non-hydrogen) atoms. The molecule has 0 fully saturated rings. The minimum Gasteiger partial charge on any atom is -0.310 e. The van der Waals surface area contributed by atoms with Crippen molar-refractivity contribution >= 4 is 44.9 Å². The lowest BCUT2D eigenvalue weighted by molar-refractivity contribution is 1.26. The number of benzene rings is 6. The number of para-hydroxylation sites is 2. The molecule has 2 nitrogen and oxygen atoms in total. The molecular formula is C36H30N2. The average Bonchev–Trinajstić information content (AvgIpc) is 2.96. The molecule has 0 N–H and O–H groups in total. The summed E-state index contributed by atoms with van der Waals surface area (Å²) in [5, 5.41) is 2.40. The molecular weight excluding hydrogens is 460 g/mol. The van der Waals surface area contributed by atoms with Crippen LogP contribution in [0.2, 0.25) is 0 Å². The van der Waals surface area contributed by atoms with Gasteiger partial charge in [-0.1, -0.05) is 84.9 Å². The smallest absolute Gasteiger partial charge is 0.0541 e. The SMILES string of the molecule is Cc1cccc(N(c2ccccc2)c2ccc(N(c3ccccc3)c3cccc(C)c3)c3ccccc23)c1. The molecule has 0 saturated carbocycles. The van der Waals surface area contributed by atoms with Crippen LogP contribution in [0, 0.1) is 13.8 Å². The lowest BCUT2D eigenvalue weighted by Gasteiger charge is -2.30. The predicted octanol–water partition coefficient (Wildman–Crippen LogP) is 10.4. The summed E-state index contributed by atoms with van der Waals surface area (Å²) in [5.74, 6) is 0. The fourth-order valence-electron chi connectivity index (χ4n) is 5.20. The quantitative estimate of drug-likeness (QED) is 0.229. The van der Waals surface area contributed by atoms with E-state index in [0.29, 0.717) is 0 Å². The third-order valence-corrected chi connectivity index (χ3v) is 6.91. The second kappa shape index (κ2) is 10.3. The van der Waals surface area contributed by atoms with Crippen LogP contribution in [0.15, 0.2) is 146 Å². The fourth-order valence-corrected chi connectivity index (χ4v) is 5.20. The van der Waals surface area contributed by atoms with E-state index in [1.165, 1.54) is 21.9 Å². The molecule has 0 amide bonds.